The van der Waals surface area contributed by atoms with E-state index in [2.05, 4.69) is 12.6 Å². The summed E-state index contributed by atoms with van der Waals surface area (Å²) in [5, 5.41) is 0. The first-order valence-corrected chi connectivity index (χ1v) is 5.03. The number of carbonyl (C=O) groups excluding carboxylic acids is 1. The van der Waals surface area contributed by atoms with Crippen LogP contribution < -0.4 is 5.73 Å². The largest absolute Gasteiger partial charge is 0.338 e. The molecule has 3 nitrogen and oxygen atoms in total. The molecule has 0 aliphatic carbocycles. The van der Waals surface area contributed by atoms with E-state index in [0.29, 0.717) is 12.3 Å². The minimum Gasteiger partial charge on any atom is -0.338 e. The van der Waals surface area contributed by atoms with E-state index in [1.165, 1.54) is 6.42 Å². The molecule has 1 rings (SSSR count). The highest BCUT2D eigenvalue weighted by molar-refractivity contribution is 7.81. The Morgan fingerprint density at radius 2 is 2.33 bits per heavy atom. The number of rotatable bonds is 2. The molecule has 1 fully saturated rings. The molecule has 1 heterocycles. The fourth-order valence-corrected chi connectivity index (χ4v) is 1.85. The topological polar surface area (TPSA) is 46.3 Å². The van der Waals surface area contributed by atoms with E-state index in [0.717, 1.165) is 19.4 Å². The lowest BCUT2D eigenvalue weighted by atomic mass is 10.0. The zero-order chi connectivity index (χ0) is 8.97. The number of amides is 1. The number of hydrogen-bond donors (Lipinski definition) is 2. The molecule has 1 unspecified atom stereocenters. The maximum Gasteiger partial charge on any atom is 0.232 e. The maximum atomic E-state index is 11.3. The van der Waals surface area contributed by atoms with E-state index in [4.69, 9.17) is 5.73 Å². The van der Waals surface area contributed by atoms with Gasteiger partial charge in [0.25, 0.3) is 0 Å². The summed E-state index contributed by atoms with van der Waals surface area (Å²) in [4.78, 5) is 13.2. The second-order valence-electron chi connectivity index (χ2n) is 3.13. The normalized spacial score (nSPS) is 24.2. The number of likely N-dealkylation sites (tertiary alicyclic amines) is 1. The Kier molecular flexibility index (Phi) is 3.88. The summed E-state index contributed by atoms with van der Waals surface area (Å²) in [6.07, 6.45) is 3.35. The van der Waals surface area contributed by atoms with Gasteiger partial charge in [0.05, 0.1) is 5.75 Å². The van der Waals surface area contributed by atoms with Crippen LogP contribution in [0.2, 0.25) is 0 Å². The predicted molar refractivity (Wildman–Crippen MR) is 52.3 cm³/mol. The van der Waals surface area contributed by atoms with Crippen LogP contribution in [-0.4, -0.2) is 35.7 Å². The van der Waals surface area contributed by atoms with Gasteiger partial charge in [-0.15, -0.1) is 0 Å². The highest BCUT2D eigenvalue weighted by Gasteiger charge is 2.24. The van der Waals surface area contributed by atoms with E-state index in [1.54, 1.807) is 0 Å². The molecule has 70 valence electrons. The first-order chi connectivity index (χ1) is 5.79. The highest BCUT2D eigenvalue weighted by atomic mass is 32.1. The van der Waals surface area contributed by atoms with E-state index >= 15 is 0 Å². The van der Waals surface area contributed by atoms with Crippen molar-refractivity contribution in [3.63, 3.8) is 0 Å². The summed E-state index contributed by atoms with van der Waals surface area (Å²) in [7, 11) is 0. The van der Waals surface area contributed by atoms with Crippen molar-refractivity contribution in [3.8, 4) is 0 Å². The smallest absolute Gasteiger partial charge is 0.232 e. The highest BCUT2D eigenvalue weighted by Crippen LogP contribution is 2.16. The molecule has 0 aromatic rings. The number of nitrogens with two attached hydrogens (primary N) is 1. The molecule has 12 heavy (non-hydrogen) atoms. The SMILES string of the molecule is NCC1CCCCN1C(=O)CS. The first-order valence-electron chi connectivity index (χ1n) is 4.40. The lowest BCUT2D eigenvalue weighted by Crippen LogP contribution is -2.47. The molecule has 0 aromatic heterocycles. The zero-order valence-electron chi connectivity index (χ0n) is 7.20. The van der Waals surface area contributed by atoms with E-state index < -0.39 is 0 Å². The fraction of sp³-hybridized carbons (Fsp3) is 0.875. The number of thiol groups is 1. The van der Waals surface area contributed by atoms with Gasteiger partial charge < -0.3 is 10.6 Å². The molecule has 1 aliphatic rings. The van der Waals surface area contributed by atoms with Crippen LogP contribution in [0.3, 0.4) is 0 Å². The Hall–Kier alpha value is -0.220. The number of nitrogens with zero attached hydrogens (tertiary/aromatic N) is 1. The third-order valence-corrected chi connectivity index (χ3v) is 2.63. The minimum atomic E-state index is 0.119. The quantitative estimate of drug-likeness (QED) is 0.610. The summed E-state index contributed by atoms with van der Waals surface area (Å²) >= 11 is 3.97. The maximum absolute atomic E-state index is 11.3. The van der Waals surface area contributed by atoms with Gasteiger partial charge in [-0.05, 0) is 19.3 Å². The van der Waals surface area contributed by atoms with E-state index in [9.17, 15) is 4.79 Å². The summed E-state index contributed by atoms with van der Waals surface area (Å²) in [5.41, 5.74) is 5.57. The van der Waals surface area contributed by atoms with Crippen LogP contribution in [0.1, 0.15) is 19.3 Å². The van der Waals surface area contributed by atoms with Crippen LogP contribution in [0.4, 0.5) is 0 Å². The Morgan fingerprint density at radius 3 is 2.92 bits per heavy atom. The Bertz CT molecular complexity index is 163. The van der Waals surface area contributed by atoms with Gasteiger partial charge in [0.15, 0.2) is 0 Å². The zero-order valence-corrected chi connectivity index (χ0v) is 8.09. The van der Waals surface area contributed by atoms with Crippen LogP contribution in [0.25, 0.3) is 0 Å². The number of carbonyl (C=O) groups is 1. The minimum absolute atomic E-state index is 0.119. The first kappa shape index (κ1) is 9.86. The molecule has 0 radical (unpaired) electrons. The molecule has 0 saturated carbocycles. The van der Waals surface area contributed by atoms with Crippen LogP contribution in [0.5, 0.6) is 0 Å². The second kappa shape index (κ2) is 4.72. The van der Waals surface area contributed by atoms with Crippen molar-refractivity contribution in [1.82, 2.24) is 4.90 Å². The molecular weight excluding hydrogens is 172 g/mol. The third kappa shape index (κ3) is 2.14. The van der Waals surface area contributed by atoms with Gasteiger partial charge in [0, 0.05) is 19.1 Å². The molecule has 1 amide bonds. The van der Waals surface area contributed by atoms with Crippen molar-refractivity contribution >= 4 is 18.5 Å². The van der Waals surface area contributed by atoms with Gasteiger partial charge in [-0.2, -0.15) is 12.6 Å². The average Bonchev–Trinajstić information content (AvgIpc) is 2.16. The molecule has 1 saturated heterocycles. The van der Waals surface area contributed by atoms with Crippen molar-refractivity contribution in [1.29, 1.82) is 0 Å². The van der Waals surface area contributed by atoms with Crippen molar-refractivity contribution in [2.24, 2.45) is 5.73 Å². The summed E-state index contributed by atoms with van der Waals surface area (Å²) < 4.78 is 0. The Labute approximate surface area is 78.7 Å². The number of hydrogen-bond acceptors (Lipinski definition) is 3. The fourth-order valence-electron chi connectivity index (χ4n) is 1.66. The summed E-state index contributed by atoms with van der Waals surface area (Å²) in [6.45, 7) is 1.45. The molecule has 4 heteroatoms. The van der Waals surface area contributed by atoms with Gasteiger partial charge in [-0.1, -0.05) is 0 Å². The van der Waals surface area contributed by atoms with Gasteiger partial charge in [0.2, 0.25) is 5.91 Å². The second-order valence-corrected chi connectivity index (χ2v) is 3.45. The lowest BCUT2D eigenvalue weighted by Gasteiger charge is -2.34. The lowest BCUT2D eigenvalue weighted by molar-refractivity contribution is -0.131. The molecule has 2 N–H and O–H groups in total. The molecular formula is C8H16N2OS. The van der Waals surface area contributed by atoms with Crippen LogP contribution in [-0.2, 0) is 4.79 Å². The number of piperidine rings is 1. The van der Waals surface area contributed by atoms with Crippen LogP contribution in [0.15, 0.2) is 0 Å². The Balaban J connectivity index is 2.52. The van der Waals surface area contributed by atoms with Crippen molar-refractivity contribution in [3.05, 3.63) is 0 Å². The van der Waals surface area contributed by atoms with Crippen molar-refractivity contribution in [2.75, 3.05) is 18.8 Å². The van der Waals surface area contributed by atoms with Gasteiger partial charge >= 0.3 is 0 Å². The van der Waals surface area contributed by atoms with E-state index in [1.807, 2.05) is 4.90 Å². The van der Waals surface area contributed by atoms with Crippen LogP contribution >= 0.6 is 12.6 Å². The van der Waals surface area contributed by atoms with Crippen molar-refractivity contribution in [2.45, 2.75) is 25.3 Å². The monoisotopic (exact) mass is 188 g/mol. The van der Waals surface area contributed by atoms with E-state index in [-0.39, 0.29) is 11.9 Å². The summed E-state index contributed by atoms with van der Waals surface area (Å²) in [6, 6.07) is 0.262. The van der Waals surface area contributed by atoms with Gasteiger partial charge in [0.1, 0.15) is 0 Å². The van der Waals surface area contributed by atoms with Crippen molar-refractivity contribution < 1.29 is 4.79 Å². The molecule has 0 spiro atoms. The van der Waals surface area contributed by atoms with Gasteiger partial charge in [-0.25, -0.2) is 0 Å². The average molecular weight is 188 g/mol. The molecule has 1 aliphatic heterocycles. The molecule has 1 atom stereocenters. The van der Waals surface area contributed by atoms with Gasteiger partial charge in [-0.3, -0.25) is 4.79 Å². The summed E-state index contributed by atoms with van der Waals surface area (Å²) in [5.74, 6) is 0.421. The van der Waals surface area contributed by atoms with Crippen LogP contribution in [0, 0.1) is 0 Å². The Morgan fingerprint density at radius 1 is 1.58 bits per heavy atom. The third-order valence-electron chi connectivity index (χ3n) is 2.35. The predicted octanol–water partition coefficient (Wildman–Crippen LogP) is 0.256. The molecule has 0 aromatic carbocycles. The standard InChI is InChI=1S/C8H16N2OS/c9-5-7-3-1-2-4-10(7)8(11)6-12/h7,12H,1-6,9H2. The molecule has 0 bridgehead atoms.